The number of methoxy groups -OCH3 is 1. The van der Waals surface area contributed by atoms with Crippen LogP contribution in [0.15, 0.2) is 73.1 Å². The Kier molecular flexibility index (Phi) is 6.81. The standard InChI is InChI=1S/C30H27ClN4O5/c1-39-26-9-5-19-14-28(26)40-27-13-18(3-8-25(27)36)4-10-29(37)33-24-17-34(16-22(19)24)30(38)21-15-20(6-7-23(21)31)35-12-2-11-32-35/h2-3,5-9,11-15,22,24,36H,4,10,16-17H2,1H3,(H,33,37)/t22-,24+/m0/s1. The quantitative estimate of drug-likeness (QED) is 0.377. The molecular weight excluding hydrogens is 532 g/mol. The van der Waals surface area contributed by atoms with Crippen molar-refractivity contribution >= 4 is 23.4 Å². The Morgan fingerprint density at radius 2 is 1.98 bits per heavy atom. The maximum absolute atomic E-state index is 13.8. The van der Waals surface area contributed by atoms with E-state index in [2.05, 4.69) is 10.4 Å². The smallest absolute Gasteiger partial charge is 0.255 e. The summed E-state index contributed by atoms with van der Waals surface area (Å²) < 4.78 is 13.3. The number of aryl methyl sites for hydroxylation is 1. The van der Waals surface area contributed by atoms with Crippen LogP contribution in [0.3, 0.4) is 0 Å². The minimum absolute atomic E-state index is 0.0136. The summed E-state index contributed by atoms with van der Waals surface area (Å²) in [4.78, 5) is 28.5. The first-order valence-corrected chi connectivity index (χ1v) is 13.3. The highest BCUT2D eigenvalue weighted by Gasteiger charge is 2.38. The van der Waals surface area contributed by atoms with Gasteiger partial charge in [-0.25, -0.2) is 4.68 Å². The number of likely N-dealkylation sites (tertiary alicyclic amines) is 1. The molecule has 1 fully saturated rings. The highest BCUT2D eigenvalue weighted by molar-refractivity contribution is 6.33. The Labute approximate surface area is 235 Å². The first kappa shape index (κ1) is 25.8. The van der Waals surface area contributed by atoms with E-state index in [1.54, 1.807) is 77.6 Å². The summed E-state index contributed by atoms with van der Waals surface area (Å²) in [7, 11) is 1.55. The van der Waals surface area contributed by atoms with Gasteiger partial charge in [0, 0.05) is 37.8 Å². The van der Waals surface area contributed by atoms with E-state index >= 15 is 0 Å². The van der Waals surface area contributed by atoms with Gasteiger partial charge in [-0.15, -0.1) is 0 Å². The van der Waals surface area contributed by atoms with E-state index in [1.165, 1.54) is 0 Å². The number of phenols is 1. The third kappa shape index (κ3) is 4.96. The molecule has 2 aliphatic rings. The zero-order chi connectivity index (χ0) is 27.8. The van der Waals surface area contributed by atoms with Crippen molar-refractivity contribution in [3.63, 3.8) is 0 Å². The van der Waals surface area contributed by atoms with Crippen LogP contribution in [0.5, 0.6) is 23.0 Å². The van der Waals surface area contributed by atoms with Crippen LogP contribution in [0.1, 0.15) is 33.8 Å². The molecular formula is C30H27ClN4O5. The van der Waals surface area contributed by atoms with Crippen LogP contribution < -0.4 is 14.8 Å². The molecule has 9 nitrogen and oxygen atoms in total. The predicted molar refractivity (Wildman–Crippen MR) is 149 cm³/mol. The average molecular weight is 559 g/mol. The van der Waals surface area contributed by atoms with Gasteiger partial charge in [0.15, 0.2) is 23.0 Å². The number of nitrogens with one attached hydrogen (secondary N) is 1. The molecule has 4 bridgehead atoms. The van der Waals surface area contributed by atoms with Gasteiger partial charge in [-0.05, 0) is 66.1 Å². The van der Waals surface area contributed by atoms with Gasteiger partial charge in [0.25, 0.3) is 5.91 Å². The van der Waals surface area contributed by atoms with Gasteiger partial charge in [-0.2, -0.15) is 5.10 Å². The van der Waals surface area contributed by atoms with E-state index in [1.807, 2.05) is 12.1 Å². The number of amides is 2. The summed E-state index contributed by atoms with van der Waals surface area (Å²) in [5.74, 6) is 0.623. The van der Waals surface area contributed by atoms with E-state index in [0.29, 0.717) is 41.6 Å². The second-order valence-electron chi connectivity index (χ2n) is 9.92. The summed E-state index contributed by atoms with van der Waals surface area (Å²) in [5.41, 5.74) is 2.80. The van der Waals surface area contributed by atoms with Crippen molar-refractivity contribution < 1.29 is 24.2 Å². The third-order valence-electron chi connectivity index (χ3n) is 7.40. The Morgan fingerprint density at radius 3 is 2.77 bits per heavy atom. The molecule has 0 saturated carbocycles. The number of ether oxygens (including phenoxy) is 2. The average Bonchev–Trinajstić information content (AvgIpc) is 3.64. The van der Waals surface area contributed by atoms with E-state index < -0.39 is 0 Å². The number of benzene rings is 3. The Balaban J connectivity index is 1.35. The van der Waals surface area contributed by atoms with Crippen molar-refractivity contribution in [2.24, 2.45) is 0 Å². The number of aromatic nitrogens is 2. The maximum Gasteiger partial charge on any atom is 0.255 e. The van der Waals surface area contributed by atoms with Gasteiger partial charge in [0.1, 0.15) is 0 Å². The number of carbonyl (C=O) groups excluding carboxylic acids is 2. The number of aromatic hydroxyl groups is 1. The normalized spacial score (nSPS) is 18.4. The fourth-order valence-electron chi connectivity index (χ4n) is 5.32. The molecule has 6 rings (SSSR count). The number of hydrogen-bond donors (Lipinski definition) is 2. The highest BCUT2D eigenvalue weighted by atomic mass is 35.5. The molecule has 204 valence electrons. The van der Waals surface area contributed by atoms with Crippen molar-refractivity contribution in [1.29, 1.82) is 0 Å². The van der Waals surface area contributed by atoms with Crippen molar-refractivity contribution in [2.45, 2.75) is 24.8 Å². The number of fused-ring (bicyclic) bond motifs is 6. The molecule has 2 aliphatic heterocycles. The van der Waals surface area contributed by atoms with Crippen LogP contribution in [-0.4, -0.2) is 57.8 Å². The topological polar surface area (TPSA) is 106 Å². The molecule has 0 unspecified atom stereocenters. The van der Waals surface area contributed by atoms with Gasteiger partial charge in [-0.3, -0.25) is 9.59 Å². The van der Waals surface area contributed by atoms with E-state index in [9.17, 15) is 14.7 Å². The van der Waals surface area contributed by atoms with Crippen molar-refractivity contribution in [1.82, 2.24) is 20.0 Å². The maximum atomic E-state index is 13.8. The van der Waals surface area contributed by atoms with E-state index in [-0.39, 0.29) is 41.7 Å². The zero-order valence-corrected chi connectivity index (χ0v) is 22.5. The zero-order valence-electron chi connectivity index (χ0n) is 21.7. The molecule has 2 atom stereocenters. The molecule has 1 aromatic heterocycles. The molecule has 10 heteroatoms. The molecule has 3 aromatic carbocycles. The fraction of sp³-hybridized carbons (Fsp3) is 0.233. The Hall–Kier alpha value is -4.50. The van der Waals surface area contributed by atoms with Gasteiger partial charge in [0.05, 0.1) is 29.4 Å². The number of rotatable bonds is 3. The van der Waals surface area contributed by atoms with Crippen LogP contribution in [0, 0.1) is 0 Å². The van der Waals surface area contributed by atoms with E-state index in [4.69, 9.17) is 21.1 Å². The van der Waals surface area contributed by atoms with Gasteiger partial charge >= 0.3 is 0 Å². The molecule has 0 aliphatic carbocycles. The lowest BCUT2D eigenvalue weighted by Gasteiger charge is -2.21. The number of carbonyl (C=O) groups is 2. The Morgan fingerprint density at radius 1 is 1.10 bits per heavy atom. The minimum Gasteiger partial charge on any atom is -0.504 e. The molecule has 2 amide bonds. The molecule has 3 heterocycles. The second-order valence-corrected chi connectivity index (χ2v) is 10.3. The van der Waals surface area contributed by atoms with Gasteiger partial charge < -0.3 is 24.8 Å². The molecule has 0 radical (unpaired) electrons. The van der Waals surface area contributed by atoms with Crippen LogP contribution in [0.2, 0.25) is 5.02 Å². The summed E-state index contributed by atoms with van der Waals surface area (Å²) in [6.45, 7) is 0.672. The summed E-state index contributed by atoms with van der Waals surface area (Å²) in [6, 6.07) is 17.3. The first-order valence-electron chi connectivity index (χ1n) is 13.0. The number of phenolic OH excluding ortho intramolecular Hbond substituents is 1. The second kappa shape index (κ2) is 10.6. The monoisotopic (exact) mass is 558 g/mol. The fourth-order valence-corrected chi connectivity index (χ4v) is 5.52. The number of nitrogens with zero attached hydrogens (tertiary/aromatic N) is 3. The highest BCUT2D eigenvalue weighted by Crippen LogP contribution is 2.40. The van der Waals surface area contributed by atoms with Crippen LogP contribution >= 0.6 is 11.6 Å². The number of hydrogen-bond acceptors (Lipinski definition) is 6. The molecule has 0 spiro atoms. The molecule has 1 saturated heterocycles. The van der Waals surface area contributed by atoms with Crippen molar-refractivity contribution in [3.8, 4) is 28.7 Å². The summed E-state index contributed by atoms with van der Waals surface area (Å²) >= 11 is 6.49. The minimum atomic E-state index is -0.331. The first-order chi connectivity index (χ1) is 19.4. The molecule has 4 aromatic rings. The van der Waals surface area contributed by atoms with Crippen molar-refractivity contribution in [3.05, 3.63) is 94.8 Å². The van der Waals surface area contributed by atoms with E-state index in [0.717, 1.165) is 16.8 Å². The lowest BCUT2D eigenvalue weighted by molar-refractivity contribution is -0.121. The van der Waals surface area contributed by atoms with Crippen LogP contribution in [0.25, 0.3) is 5.69 Å². The molecule has 40 heavy (non-hydrogen) atoms. The molecule has 2 N–H and O–H groups in total. The largest absolute Gasteiger partial charge is 0.504 e. The predicted octanol–water partition coefficient (Wildman–Crippen LogP) is 4.70. The summed E-state index contributed by atoms with van der Waals surface area (Å²) in [6.07, 6.45) is 4.17. The van der Waals surface area contributed by atoms with Gasteiger partial charge in [-0.1, -0.05) is 23.7 Å². The lowest BCUT2D eigenvalue weighted by Crippen LogP contribution is -2.40. The third-order valence-corrected chi connectivity index (χ3v) is 7.73. The summed E-state index contributed by atoms with van der Waals surface area (Å²) in [5, 5.41) is 18.2. The van der Waals surface area contributed by atoms with Crippen LogP contribution in [-0.2, 0) is 11.2 Å². The SMILES string of the molecule is COc1ccc2cc1Oc1cc(ccc1O)CCC(=O)N[C@@H]1CN(C(=O)c3cc(-n4cccn4)ccc3Cl)C[C@@H]21. The van der Waals surface area contributed by atoms with Crippen molar-refractivity contribution in [2.75, 3.05) is 20.2 Å². The van der Waals surface area contributed by atoms with Crippen LogP contribution in [0.4, 0.5) is 0 Å². The Bertz CT molecular complexity index is 1590. The lowest BCUT2D eigenvalue weighted by atomic mass is 9.93. The van der Waals surface area contributed by atoms with Gasteiger partial charge in [0.2, 0.25) is 5.91 Å². The number of halogens is 1.